The summed E-state index contributed by atoms with van der Waals surface area (Å²) in [5, 5.41) is 4.18. The second-order valence-electron chi connectivity index (χ2n) is 4.22. The van der Waals surface area contributed by atoms with E-state index in [1.54, 1.807) is 32.0 Å². The number of rotatable bonds is 4. The van der Waals surface area contributed by atoms with Crippen molar-refractivity contribution in [3.8, 4) is 28.5 Å². The van der Waals surface area contributed by atoms with Crippen LogP contribution in [-0.4, -0.2) is 40.9 Å². The number of aromatic nitrogens is 4. The maximum atomic E-state index is 5.37. The first kappa shape index (κ1) is 13.2. The topological polar surface area (TPSA) is 70.8 Å². The molecule has 0 aliphatic heterocycles. The zero-order valence-electron chi connectivity index (χ0n) is 11.9. The number of methoxy groups -OCH3 is 3. The van der Waals surface area contributed by atoms with E-state index in [1.165, 1.54) is 6.33 Å². The highest BCUT2D eigenvalue weighted by molar-refractivity contribution is 5.69. The first-order valence-electron chi connectivity index (χ1n) is 6.23. The van der Waals surface area contributed by atoms with Crippen molar-refractivity contribution in [2.75, 3.05) is 21.3 Å². The van der Waals surface area contributed by atoms with Gasteiger partial charge in [0.15, 0.2) is 11.5 Å². The molecule has 2 aromatic heterocycles. The molecule has 0 saturated heterocycles. The van der Waals surface area contributed by atoms with Gasteiger partial charge < -0.3 is 14.2 Å². The third-order valence-electron chi connectivity index (χ3n) is 3.14. The third kappa shape index (κ3) is 2.12. The van der Waals surface area contributed by atoms with Crippen molar-refractivity contribution in [1.82, 2.24) is 19.6 Å². The lowest BCUT2D eigenvalue weighted by atomic mass is 10.1. The molecular weight excluding hydrogens is 272 g/mol. The molecule has 0 amide bonds. The lowest BCUT2D eigenvalue weighted by Crippen LogP contribution is -1.99. The summed E-state index contributed by atoms with van der Waals surface area (Å²) in [5.41, 5.74) is 1.69. The highest BCUT2D eigenvalue weighted by Gasteiger charge is 2.16. The van der Waals surface area contributed by atoms with Crippen LogP contribution in [0.3, 0.4) is 0 Å². The van der Waals surface area contributed by atoms with Crippen LogP contribution >= 0.6 is 0 Å². The van der Waals surface area contributed by atoms with Gasteiger partial charge in [0.05, 0.1) is 27.0 Å². The van der Waals surface area contributed by atoms with Gasteiger partial charge in [-0.2, -0.15) is 14.6 Å². The average molecular weight is 286 g/mol. The Kier molecular flexibility index (Phi) is 3.31. The normalized spacial score (nSPS) is 10.6. The molecule has 21 heavy (non-hydrogen) atoms. The highest BCUT2D eigenvalue weighted by atomic mass is 16.5. The number of hydrogen-bond acceptors (Lipinski definition) is 6. The quantitative estimate of drug-likeness (QED) is 0.728. The predicted octanol–water partition coefficient (Wildman–Crippen LogP) is 1.82. The molecule has 0 atom stereocenters. The number of nitrogens with zero attached hydrogens (tertiary/aromatic N) is 4. The molecule has 0 spiro atoms. The molecular formula is C14H14N4O3. The molecule has 0 saturated carbocycles. The van der Waals surface area contributed by atoms with Crippen LogP contribution in [0.1, 0.15) is 0 Å². The minimum absolute atomic E-state index is 0.529. The van der Waals surface area contributed by atoms with Crippen molar-refractivity contribution in [2.45, 2.75) is 0 Å². The molecule has 0 radical (unpaired) electrons. The van der Waals surface area contributed by atoms with E-state index >= 15 is 0 Å². The number of ether oxygens (including phenoxy) is 3. The van der Waals surface area contributed by atoms with Crippen LogP contribution in [-0.2, 0) is 0 Å². The van der Waals surface area contributed by atoms with Crippen molar-refractivity contribution in [3.05, 3.63) is 30.7 Å². The summed E-state index contributed by atoms with van der Waals surface area (Å²) in [5.74, 6) is 2.24. The van der Waals surface area contributed by atoms with Gasteiger partial charge in [0.1, 0.15) is 6.33 Å². The Morgan fingerprint density at radius 3 is 2.29 bits per heavy atom. The summed E-state index contributed by atoms with van der Waals surface area (Å²) in [7, 11) is 4.74. The SMILES string of the molecule is COc1cc(-c2ccnc3ncnn23)cc(OC)c1OC. The molecule has 2 heterocycles. The maximum absolute atomic E-state index is 5.37. The van der Waals surface area contributed by atoms with Crippen molar-refractivity contribution in [1.29, 1.82) is 0 Å². The fourth-order valence-electron chi connectivity index (χ4n) is 2.19. The molecule has 0 unspecified atom stereocenters. The summed E-state index contributed by atoms with van der Waals surface area (Å²) in [6.07, 6.45) is 3.15. The van der Waals surface area contributed by atoms with E-state index in [-0.39, 0.29) is 0 Å². The molecule has 0 aliphatic carbocycles. The van der Waals surface area contributed by atoms with Crippen molar-refractivity contribution in [2.24, 2.45) is 0 Å². The molecule has 3 rings (SSSR count). The van der Waals surface area contributed by atoms with Crippen LogP contribution in [0, 0.1) is 0 Å². The van der Waals surface area contributed by atoms with Gasteiger partial charge in [0, 0.05) is 11.8 Å². The molecule has 0 bridgehead atoms. The number of benzene rings is 1. The van der Waals surface area contributed by atoms with Crippen LogP contribution < -0.4 is 14.2 Å². The van der Waals surface area contributed by atoms with Gasteiger partial charge >= 0.3 is 0 Å². The molecule has 0 fully saturated rings. The van der Waals surface area contributed by atoms with Crippen LogP contribution in [0.25, 0.3) is 17.0 Å². The van der Waals surface area contributed by atoms with Crippen molar-refractivity contribution in [3.63, 3.8) is 0 Å². The zero-order chi connectivity index (χ0) is 14.8. The fraction of sp³-hybridized carbons (Fsp3) is 0.214. The van der Waals surface area contributed by atoms with E-state index in [4.69, 9.17) is 14.2 Å². The monoisotopic (exact) mass is 286 g/mol. The second-order valence-corrected chi connectivity index (χ2v) is 4.22. The van der Waals surface area contributed by atoms with Crippen LogP contribution in [0.5, 0.6) is 17.2 Å². The van der Waals surface area contributed by atoms with Gasteiger partial charge in [-0.25, -0.2) is 4.98 Å². The average Bonchev–Trinajstić information content (AvgIpc) is 3.01. The van der Waals surface area contributed by atoms with Gasteiger partial charge in [0.2, 0.25) is 5.75 Å². The Labute approximate surface area is 121 Å². The smallest absolute Gasteiger partial charge is 0.252 e. The molecule has 0 N–H and O–H groups in total. The minimum atomic E-state index is 0.529. The molecule has 7 nitrogen and oxygen atoms in total. The van der Waals surface area contributed by atoms with Crippen molar-refractivity contribution < 1.29 is 14.2 Å². The lowest BCUT2D eigenvalue weighted by Gasteiger charge is -2.14. The molecule has 3 aromatic rings. The lowest BCUT2D eigenvalue weighted by molar-refractivity contribution is 0.324. The van der Waals surface area contributed by atoms with Gasteiger partial charge in [-0.3, -0.25) is 0 Å². The van der Waals surface area contributed by atoms with Crippen molar-refractivity contribution >= 4 is 5.78 Å². The van der Waals surface area contributed by atoms with Crippen LogP contribution in [0.15, 0.2) is 30.7 Å². The minimum Gasteiger partial charge on any atom is -0.493 e. The Morgan fingerprint density at radius 2 is 1.67 bits per heavy atom. The summed E-state index contributed by atoms with van der Waals surface area (Å²) in [6, 6.07) is 5.57. The van der Waals surface area contributed by atoms with Gasteiger partial charge in [-0.05, 0) is 18.2 Å². The second kappa shape index (κ2) is 5.28. The highest BCUT2D eigenvalue weighted by Crippen LogP contribution is 2.40. The summed E-state index contributed by atoms with van der Waals surface area (Å²) < 4.78 is 17.7. The summed E-state index contributed by atoms with van der Waals surface area (Å²) in [4.78, 5) is 8.23. The van der Waals surface area contributed by atoms with Gasteiger partial charge in [-0.1, -0.05) is 0 Å². The first-order valence-corrected chi connectivity index (χ1v) is 6.23. The Hall–Kier alpha value is -2.83. The Morgan fingerprint density at radius 1 is 0.952 bits per heavy atom. The molecule has 7 heteroatoms. The van der Waals surface area contributed by atoms with E-state index in [9.17, 15) is 0 Å². The van der Waals surface area contributed by atoms with E-state index < -0.39 is 0 Å². The van der Waals surface area contributed by atoms with Gasteiger partial charge in [-0.15, -0.1) is 0 Å². The first-order chi connectivity index (χ1) is 10.3. The number of hydrogen-bond donors (Lipinski definition) is 0. The molecule has 0 aliphatic rings. The van der Waals surface area contributed by atoms with E-state index in [0.717, 1.165) is 11.3 Å². The van der Waals surface area contributed by atoms with E-state index in [0.29, 0.717) is 23.0 Å². The summed E-state index contributed by atoms with van der Waals surface area (Å²) in [6.45, 7) is 0. The van der Waals surface area contributed by atoms with Crippen LogP contribution in [0.2, 0.25) is 0 Å². The van der Waals surface area contributed by atoms with E-state index in [1.807, 2.05) is 18.2 Å². The fourth-order valence-corrected chi connectivity index (χ4v) is 2.19. The largest absolute Gasteiger partial charge is 0.493 e. The molecule has 108 valence electrons. The maximum Gasteiger partial charge on any atom is 0.252 e. The Balaban J connectivity index is 2.25. The Bertz CT molecular complexity index is 760. The standard InChI is InChI=1S/C14H14N4O3/c1-19-11-6-9(7-12(20-2)13(11)21-3)10-4-5-15-14-16-8-17-18(10)14/h4-8H,1-3H3. The molecule has 1 aromatic carbocycles. The number of fused-ring (bicyclic) bond motifs is 1. The van der Waals surface area contributed by atoms with Crippen LogP contribution in [0.4, 0.5) is 0 Å². The summed E-state index contributed by atoms with van der Waals surface area (Å²) >= 11 is 0. The van der Waals surface area contributed by atoms with E-state index in [2.05, 4.69) is 15.1 Å². The predicted molar refractivity (Wildman–Crippen MR) is 75.9 cm³/mol. The van der Waals surface area contributed by atoms with Gasteiger partial charge in [0.25, 0.3) is 5.78 Å². The zero-order valence-corrected chi connectivity index (χ0v) is 11.9. The third-order valence-corrected chi connectivity index (χ3v) is 3.14.